The second-order valence-corrected chi connectivity index (χ2v) is 6.96. The maximum atomic E-state index is 12.3. The molecule has 1 amide bonds. The minimum absolute atomic E-state index is 0.0747. The van der Waals surface area contributed by atoms with Gasteiger partial charge < -0.3 is 15.4 Å². The molecule has 2 rings (SSSR count). The molecule has 2 aromatic rings. The van der Waals surface area contributed by atoms with Gasteiger partial charge in [-0.15, -0.1) is 0 Å². The largest absolute Gasteiger partial charge is 0.494 e. The van der Waals surface area contributed by atoms with Crippen molar-refractivity contribution in [3.63, 3.8) is 0 Å². The van der Waals surface area contributed by atoms with E-state index in [1.165, 1.54) is 25.7 Å². The van der Waals surface area contributed by atoms with E-state index in [-0.39, 0.29) is 12.5 Å². The zero-order valence-electron chi connectivity index (χ0n) is 16.8. The fourth-order valence-corrected chi connectivity index (χ4v) is 3.03. The summed E-state index contributed by atoms with van der Waals surface area (Å²) in [5.41, 5.74) is 4.05. The van der Waals surface area contributed by atoms with Crippen molar-refractivity contribution >= 4 is 17.3 Å². The number of hydrogen-bond donors (Lipinski definition) is 2. The Bertz CT molecular complexity index is 708. The van der Waals surface area contributed by atoms with E-state index in [1.54, 1.807) is 0 Å². The van der Waals surface area contributed by atoms with Crippen LogP contribution < -0.4 is 15.4 Å². The van der Waals surface area contributed by atoms with E-state index in [9.17, 15) is 4.79 Å². The summed E-state index contributed by atoms with van der Waals surface area (Å²) < 4.78 is 5.80. The van der Waals surface area contributed by atoms with Crippen molar-refractivity contribution in [2.24, 2.45) is 0 Å². The van der Waals surface area contributed by atoms with Crippen LogP contribution in [-0.2, 0) is 4.79 Å². The van der Waals surface area contributed by atoms with Crippen LogP contribution in [0.2, 0.25) is 0 Å². The Hall–Kier alpha value is -2.49. The zero-order chi connectivity index (χ0) is 19.5. The first-order valence-electron chi connectivity index (χ1n) is 9.93. The lowest BCUT2D eigenvalue weighted by atomic mass is 10.1. The van der Waals surface area contributed by atoms with E-state index in [4.69, 9.17) is 4.74 Å². The van der Waals surface area contributed by atoms with Crippen molar-refractivity contribution < 1.29 is 9.53 Å². The van der Waals surface area contributed by atoms with Gasteiger partial charge in [0.25, 0.3) is 0 Å². The summed E-state index contributed by atoms with van der Waals surface area (Å²) in [6, 6.07) is 13.7. The number of carbonyl (C=O) groups is 1. The molecule has 0 aromatic heterocycles. The number of benzene rings is 2. The second-order valence-electron chi connectivity index (χ2n) is 6.96. The van der Waals surface area contributed by atoms with Gasteiger partial charge in [0.05, 0.1) is 13.2 Å². The van der Waals surface area contributed by atoms with Gasteiger partial charge in [0.15, 0.2) is 0 Å². The number of anilines is 2. The number of hydrogen-bond acceptors (Lipinski definition) is 3. The van der Waals surface area contributed by atoms with Gasteiger partial charge in [-0.3, -0.25) is 4.79 Å². The minimum Gasteiger partial charge on any atom is -0.494 e. The van der Waals surface area contributed by atoms with E-state index >= 15 is 0 Å². The zero-order valence-corrected chi connectivity index (χ0v) is 16.8. The fourth-order valence-electron chi connectivity index (χ4n) is 3.03. The number of unbranched alkanes of at least 4 members (excludes halogenated alkanes) is 4. The lowest BCUT2D eigenvalue weighted by Gasteiger charge is -2.13. The van der Waals surface area contributed by atoms with Crippen molar-refractivity contribution in [2.45, 2.75) is 52.9 Å². The molecule has 0 aliphatic carbocycles. The van der Waals surface area contributed by atoms with Crippen LogP contribution in [0.5, 0.6) is 5.75 Å². The number of ether oxygens (including phenoxy) is 1. The van der Waals surface area contributed by atoms with E-state index in [0.717, 1.165) is 41.3 Å². The van der Waals surface area contributed by atoms with Crippen molar-refractivity contribution in [1.82, 2.24) is 0 Å². The molecule has 0 atom stereocenters. The third-order valence-electron chi connectivity index (χ3n) is 4.54. The number of para-hydroxylation sites is 1. The van der Waals surface area contributed by atoms with Crippen molar-refractivity contribution in [1.29, 1.82) is 0 Å². The number of carbonyl (C=O) groups excluding carboxylic acids is 1. The smallest absolute Gasteiger partial charge is 0.243 e. The summed E-state index contributed by atoms with van der Waals surface area (Å²) in [6.07, 6.45) is 6.08. The summed E-state index contributed by atoms with van der Waals surface area (Å²) >= 11 is 0. The number of amides is 1. The molecule has 0 bridgehead atoms. The van der Waals surface area contributed by atoms with E-state index < -0.39 is 0 Å². The summed E-state index contributed by atoms with van der Waals surface area (Å²) in [6.45, 7) is 7.24. The molecule has 4 heteroatoms. The molecule has 2 N–H and O–H groups in total. The van der Waals surface area contributed by atoms with Crippen LogP contribution in [0, 0.1) is 13.8 Å². The normalized spacial score (nSPS) is 10.5. The Balaban J connectivity index is 1.78. The Morgan fingerprint density at radius 1 is 0.963 bits per heavy atom. The maximum absolute atomic E-state index is 12.3. The SMILES string of the molecule is CCCCCCCOc1cccc(NC(=O)CNc2c(C)cccc2C)c1. The first-order chi connectivity index (χ1) is 13.1. The van der Waals surface area contributed by atoms with E-state index in [0.29, 0.717) is 0 Å². The summed E-state index contributed by atoms with van der Waals surface area (Å²) in [4.78, 5) is 12.3. The molecular weight excluding hydrogens is 336 g/mol. The van der Waals surface area contributed by atoms with Gasteiger partial charge in [-0.05, 0) is 43.5 Å². The van der Waals surface area contributed by atoms with Gasteiger partial charge in [0.2, 0.25) is 5.91 Å². The Morgan fingerprint density at radius 2 is 1.67 bits per heavy atom. The molecule has 27 heavy (non-hydrogen) atoms. The summed E-state index contributed by atoms with van der Waals surface area (Å²) in [5, 5.41) is 6.16. The first kappa shape index (κ1) is 20.8. The molecule has 146 valence electrons. The highest BCUT2D eigenvalue weighted by Crippen LogP contribution is 2.20. The van der Waals surface area contributed by atoms with Crippen LogP contribution in [0.15, 0.2) is 42.5 Å². The summed E-state index contributed by atoms with van der Waals surface area (Å²) in [5.74, 6) is 0.723. The van der Waals surface area contributed by atoms with Crippen LogP contribution >= 0.6 is 0 Å². The topological polar surface area (TPSA) is 50.4 Å². The van der Waals surface area contributed by atoms with Gasteiger partial charge in [-0.2, -0.15) is 0 Å². The quantitative estimate of drug-likeness (QED) is 0.500. The monoisotopic (exact) mass is 368 g/mol. The highest BCUT2D eigenvalue weighted by Gasteiger charge is 2.06. The van der Waals surface area contributed by atoms with Crippen LogP contribution in [0.25, 0.3) is 0 Å². The molecule has 0 saturated heterocycles. The predicted octanol–water partition coefficient (Wildman–Crippen LogP) is 5.70. The van der Waals surface area contributed by atoms with Crippen molar-refractivity contribution in [3.05, 3.63) is 53.6 Å². The minimum atomic E-state index is -0.0747. The Labute approximate surface area is 163 Å². The molecule has 4 nitrogen and oxygen atoms in total. The molecule has 0 spiro atoms. The molecule has 2 aromatic carbocycles. The van der Waals surface area contributed by atoms with Crippen LogP contribution in [0.4, 0.5) is 11.4 Å². The highest BCUT2D eigenvalue weighted by molar-refractivity contribution is 5.94. The molecule has 0 heterocycles. The fraction of sp³-hybridized carbons (Fsp3) is 0.435. The predicted molar refractivity (Wildman–Crippen MR) is 114 cm³/mol. The van der Waals surface area contributed by atoms with Crippen LogP contribution in [-0.4, -0.2) is 19.1 Å². The number of rotatable bonds is 11. The lowest BCUT2D eigenvalue weighted by Crippen LogP contribution is -2.22. The van der Waals surface area contributed by atoms with E-state index in [2.05, 4.69) is 17.6 Å². The third kappa shape index (κ3) is 7.33. The van der Waals surface area contributed by atoms with Crippen molar-refractivity contribution in [3.8, 4) is 5.75 Å². The van der Waals surface area contributed by atoms with Crippen LogP contribution in [0.1, 0.15) is 50.2 Å². The van der Waals surface area contributed by atoms with E-state index in [1.807, 2.05) is 56.3 Å². The van der Waals surface area contributed by atoms with Gasteiger partial charge in [0, 0.05) is 17.4 Å². The summed E-state index contributed by atoms with van der Waals surface area (Å²) in [7, 11) is 0. The first-order valence-corrected chi connectivity index (χ1v) is 9.93. The van der Waals surface area contributed by atoms with Gasteiger partial charge in [0.1, 0.15) is 5.75 Å². The maximum Gasteiger partial charge on any atom is 0.243 e. The average Bonchev–Trinajstić information content (AvgIpc) is 2.64. The Morgan fingerprint density at radius 3 is 2.41 bits per heavy atom. The molecular formula is C23H32N2O2. The average molecular weight is 369 g/mol. The lowest BCUT2D eigenvalue weighted by molar-refractivity contribution is -0.114. The molecule has 0 fully saturated rings. The van der Waals surface area contributed by atoms with Crippen LogP contribution in [0.3, 0.4) is 0 Å². The number of nitrogens with one attached hydrogen (secondary N) is 2. The van der Waals surface area contributed by atoms with Crippen molar-refractivity contribution in [2.75, 3.05) is 23.8 Å². The molecule has 0 unspecified atom stereocenters. The molecule has 0 aliphatic heterocycles. The number of aryl methyl sites for hydroxylation is 2. The molecule has 0 saturated carbocycles. The molecule has 0 aliphatic rings. The van der Waals surface area contributed by atoms with Gasteiger partial charge in [-0.1, -0.05) is 56.9 Å². The second kappa shape index (κ2) is 11.3. The van der Waals surface area contributed by atoms with Gasteiger partial charge >= 0.3 is 0 Å². The third-order valence-corrected chi connectivity index (χ3v) is 4.54. The standard InChI is InChI=1S/C23H32N2O2/c1-4-5-6-7-8-15-27-21-14-10-13-20(16-21)25-22(26)17-24-23-18(2)11-9-12-19(23)3/h9-14,16,24H,4-8,15,17H2,1-3H3,(H,25,26). The molecule has 0 radical (unpaired) electrons. The van der Waals surface area contributed by atoms with Gasteiger partial charge in [-0.25, -0.2) is 0 Å². The highest BCUT2D eigenvalue weighted by atomic mass is 16.5. The Kier molecular flexibility index (Phi) is 8.69.